The molecule has 0 aliphatic carbocycles. The molecule has 0 aliphatic rings. The molecule has 6 heteroatoms. The van der Waals surface area contributed by atoms with Crippen LogP contribution in [0, 0.1) is 5.82 Å². The summed E-state index contributed by atoms with van der Waals surface area (Å²) >= 11 is 12.0. The lowest BCUT2D eigenvalue weighted by Gasteiger charge is -2.18. The van der Waals surface area contributed by atoms with Crippen molar-refractivity contribution in [2.24, 2.45) is 0 Å². The predicted octanol–water partition coefficient (Wildman–Crippen LogP) is 5.18. The molecule has 0 spiro atoms. The van der Waals surface area contributed by atoms with Gasteiger partial charge < -0.3 is 10.4 Å². The zero-order valence-corrected chi connectivity index (χ0v) is 15.9. The van der Waals surface area contributed by atoms with Gasteiger partial charge in [-0.1, -0.05) is 53.5 Å². The molecule has 3 rings (SSSR count). The molecule has 3 aromatic carbocycles. The van der Waals surface area contributed by atoms with Crippen molar-refractivity contribution in [1.82, 2.24) is 5.32 Å². The number of fused-ring (bicyclic) bond motifs is 1. The van der Waals surface area contributed by atoms with Crippen LogP contribution in [0.4, 0.5) is 4.39 Å². The van der Waals surface area contributed by atoms with Crippen LogP contribution in [0.2, 0.25) is 10.0 Å². The Labute approximate surface area is 166 Å². The zero-order chi connectivity index (χ0) is 19.4. The van der Waals surface area contributed by atoms with Gasteiger partial charge in [-0.2, -0.15) is 0 Å². The number of hydrogen-bond donors (Lipinski definition) is 2. The summed E-state index contributed by atoms with van der Waals surface area (Å²) in [5.74, 6) is -0.786. The van der Waals surface area contributed by atoms with E-state index < -0.39 is 0 Å². The van der Waals surface area contributed by atoms with E-state index >= 15 is 0 Å². The van der Waals surface area contributed by atoms with Crippen molar-refractivity contribution in [1.29, 1.82) is 0 Å². The molecule has 27 heavy (non-hydrogen) atoms. The Hall–Kier alpha value is -2.14. The molecule has 0 heterocycles. The van der Waals surface area contributed by atoms with Gasteiger partial charge in [-0.3, -0.25) is 4.79 Å². The average Bonchev–Trinajstić information content (AvgIpc) is 2.67. The maximum absolute atomic E-state index is 14.0. The fraction of sp³-hybridized carbons (Fsp3) is 0.190. The number of carbonyl (C=O) groups excluding carboxylic acids is 1. The van der Waals surface area contributed by atoms with Crippen LogP contribution in [-0.2, 0) is 0 Å². The second-order valence-electron chi connectivity index (χ2n) is 6.23. The molecular weight excluding hydrogens is 388 g/mol. The number of rotatable bonds is 6. The van der Waals surface area contributed by atoms with E-state index in [9.17, 15) is 14.3 Å². The average molecular weight is 406 g/mol. The van der Waals surface area contributed by atoms with Crippen LogP contribution in [0.3, 0.4) is 0 Å². The molecule has 2 N–H and O–H groups in total. The zero-order valence-electron chi connectivity index (χ0n) is 14.4. The van der Waals surface area contributed by atoms with E-state index in [2.05, 4.69) is 5.32 Å². The van der Waals surface area contributed by atoms with E-state index in [1.165, 1.54) is 12.1 Å². The van der Waals surface area contributed by atoms with Gasteiger partial charge in [-0.05, 0) is 41.6 Å². The summed E-state index contributed by atoms with van der Waals surface area (Å²) < 4.78 is 14.0. The standard InChI is InChI=1S/C21H18Cl2FNO2/c22-18-7-5-13(11-19(18)23)14(9-10-26)12-25-21(27)17-6-8-20(24)16-4-2-1-3-15(16)17/h1-8,11,14,26H,9-10,12H2,(H,25,27). The minimum Gasteiger partial charge on any atom is -0.396 e. The third-order valence-electron chi connectivity index (χ3n) is 4.52. The van der Waals surface area contributed by atoms with Crippen LogP contribution in [0.5, 0.6) is 0 Å². The molecule has 1 unspecified atom stereocenters. The topological polar surface area (TPSA) is 49.3 Å². The highest BCUT2D eigenvalue weighted by Gasteiger charge is 2.17. The first-order chi connectivity index (χ1) is 13.0. The number of hydrogen-bond acceptors (Lipinski definition) is 2. The quantitative estimate of drug-likeness (QED) is 0.593. The van der Waals surface area contributed by atoms with Crippen molar-refractivity contribution in [2.45, 2.75) is 12.3 Å². The Morgan fingerprint density at radius 2 is 1.78 bits per heavy atom. The molecular formula is C21H18Cl2FNO2. The van der Waals surface area contributed by atoms with Crippen molar-refractivity contribution >= 4 is 39.9 Å². The van der Waals surface area contributed by atoms with E-state index in [-0.39, 0.29) is 24.2 Å². The summed E-state index contributed by atoms with van der Waals surface area (Å²) in [7, 11) is 0. The molecule has 0 aromatic heterocycles. The monoisotopic (exact) mass is 405 g/mol. The molecule has 0 bridgehead atoms. The summed E-state index contributed by atoms with van der Waals surface area (Å²) in [6, 6.07) is 14.9. The lowest BCUT2D eigenvalue weighted by molar-refractivity contribution is 0.0951. The predicted molar refractivity (Wildman–Crippen MR) is 107 cm³/mol. The third kappa shape index (κ3) is 4.41. The number of halogens is 3. The molecule has 1 amide bonds. The number of carbonyl (C=O) groups is 1. The van der Waals surface area contributed by atoms with Crippen LogP contribution >= 0.6 is 23.2 Å². The first kappa shape index (κ1) is 19.6. The van der Waals surface area contributed by atoms with Gasteiger partial charge in [0.2, 0.25) is 0 Å². The lowest BCUT2D eigenvalue weighted by Crippen LogP contribution is -2.29. The Balaban J connectivity index is 1.81. The molecule has 0 radical (unpaired) electrons. The largest absolute Gasteiger partial charge is 0.396 e. The molecule has 0 fully saturated rings. The van der Waals surface area contributed by atoms with Crippen LogP contribution in [0.1, 0.15) is 28.3 Å². The van der Waals surface area contributed by atoms with Crippen molar-refractivity contribution < 1.29 is 14.3 Å². The number of amides is 1. The number of benzene rings is 3. The Morgan fingerprint density at radius 1 is 1.04 bits per heavy atom. The number of aliphatic hydroxyl groups excluding tert-OH is 1. The van der Waals surface area contributed by atoms with Crippen molar-refractivity contribution in [3.05, 3.63) is 81.6 Å². The highest BCUT2D eigenvalue weighted by molar-refractivity contribution is 6.42. The number of aliphatic hydroxyl groups is 1. The maximum atomic E-state index is 14.0. The summed E-state index contributed by atoms with van der Waals surface area (Å²) in [5, 5.41) is 14.1. The minimum atomic E-state index is -0.365. The summed E-state index contributed by atoms with van der Waals surface area (Å²) in [4.78, 5) is 12.7. The van der Waals surface area contributed by atoms with E-state index in [4.69, 9.17) is 23.2 Å². The molecule has 0 saturated heterocycles. The highest BCUT2D eigenvalue weighted by Crippen LogP contribution is 2.28. The SMILES string of the molecule is O=C(NCC(CCO)c1ccc(Cl)c(Cl)c1)c1ccc(F)c2ccccc12. The summed E-state index contributed by atoms with van der Waals surface area (Å²) in [6.07, 6.45) is 0.461. The van der Waals surface area contributed by atoms with E-state index in [1.807, 2.05) is 6.07 Å². The van der Waals surface area contributed by atoms with Gasteiger partial charge in [-0.15, -0.1) is 0 Å². The fourth-order valence-electron chi connectivity index (χ4n) is 3.08. The number of nitrogens with one attached hydrogen (secondary N) is 1. The molecule has 0 aliphatic heterocycles. The normalized spacial score (nSPS) is 12.1. The maximum Gasteiger partial charge on any atom is 0.251 e. The van der Waals surface area contributed by atoms with Crippen LogP contribution < -0.4 is 5.32 Å². The van der Waals surface area contributed by atoms with Crippen molar-refractivity contribution in [2.75, 3.05) is 13.2 Å². The lowest BCUT2D eigenvalue weighted by atomic mass is 9.95. The molecule has 3 nitrogen and oxygen atoms in total. The highest BCUT2D eigenvalue weighted by atomic mass is 35.5. The summed E-state index contributed by atoms with van der Waals surface area (Å²) in [5.41, 5.74) is 1.28. The minimum absolute atomic E-state index is 0.0275. The second-order valence-corrected chi connectivity index (χ2v) is 7.05. The fourth-order valence-corrected chi connectivity index (χ4v) is 3.39. The van der Waals surface area contributed by atoms with Gasteiger partial charge in [-0.25, -0.2) is 4.39 Å². The van der Waals surface area contributed by atoms with E-state index in [0.717, 1.165) is 5.56 Å². The second kappa shape index (κ2) is 8.70. The van der Waals surface area contributed by atoms with Crippen molar-refractivity contribution in [3.8, 4) is 0 Å². The molecule has 3 aromatic rings. The van der Waals surface area contributed by atoms with Gasteiger partial charge in [0.25, 0.3) is 5.91 Å². The van der Waals surface area contributed by atoms with E-state index in [0.29, 0.717) is 39.3 Å². The molecule has 1 atom stereocenters. The first-order valence-electron chi connectivity index (χ1n) is 8.52. The van der Waals surface area contributed by atoms with Gasteiger partial charge >= 0.3 is 0 Å². The van der Waals surface area contributed by atoms with Crippen LogP contribution in [-0.4, -0.2) is 24.2 Å². The first-order valence-corrected chi connectivity index (χ1v) is 9.28. The Kier molecular flexibility index (Phi) is 6.32. The van der Waals surface area contributed by atoms with Gasteiger partial charge in [0, 0.05) is 30.0 Å². The van der Waals surface area contributed by atoms with Crippen LogP contribution in [0.15, 0.2) is 54.6 Å². The Morgan fingerprint density at radius 3 is 2.48 bits per heavy atom. The van der Waals surface area contributed by atoms with Gasteiger partial charge in [0.05, 0.1) is 10.0 Å². The van der Waals surface area contributed by atoms with Crippen LogP contribution in [0.25, 0.3) is 10.8 Å². The third-order valence-corrected chi connectivity index (χ3v) is 5.26. The smallest absolute Gasteiger partial charge is 0.251 e. The van der Waals surface area contributed by atoms with Gasteiger partial charge in [0.15, 0.2) is 0 Å². The van der Waals surface area contributed by atoms with Gasteiger partial charge in [0.1, 0.15) is 5.82 Å². The molecule has 140 valence electrons. The van der Waals surface area contributed by atoms with E-state index in [1.54, 1.807) is 36.4 Å². The summed E-state index contributed by atoms with van der Waals surface area (Å²) in [6.45, 7) is 0.281. The Bertz CT molecular complexity index is 978. The van der Waals surface area contributed by atoms with Crippen molar-refractivity contribution in [3.63, 3.8) is 0 Å². The molecule has 0 saturated carbocycles.